The van der Waals surface area contributed by atoms with Gasteiger partial charge in [-0.15, -0.1) is 0 Å². The number of hydrogen-bond donors (Lipinski definition) is 0. The zero-order valence-corrected chi connectivity index (χ0v) is 23.9. The molecule has 8 heteroatoms. The first kappa shape index (κ1) is 27.6. The average molecular weight is 606 g/mol. The lowest BCUT2D eigenvalue weighted by Gasteiger charge is -2.09. The molecule has 7 nitrogen and oxygen atoms in total. The van der Waals surface area contributed by atoms with E-state index < -0.39 is 4.92 Å². The lowest BCUT2D eigenvalue weighted by atomic mass is 9.97. The van der Waals surface area contributed by atoms with Gasteiger partial charge in [-0.1, -0.05) is 59.7 Å². The summed E-state index contributed by atoms with van der Waals surface area (Å²) < 4.78 is 12.8. The second-order valence-corrected chi connectivity index (χ2v) is 10.3. The van der Waals surface area contributed by atoms with Crippen LogP contribution in [0, 0.1) is 35.3 Å². The van der Waals surface area contributed by atoms with Crippen molar-refractivity contribution >= 4 is 33.7 Å². The normalized spacial score (nSPS) is 11.0. The van der Waals surface area contributed by atoms with Gasteiger partial charge in [-0.3, -0.25) is 10.1 Å². The number of nitro groups is 1. The molecule has 0 radical (unpaired) electrons. The van der Waals surface area contributed by atoms with Gasteiger partial charge in [-0.05, 0) is 76.8 Å². The van der Waals surface area contributed by atoms with Crippen molar-refractivity contribution in [2.45, 2.75) is 20.5 Å². The molecule has 1 aromatic heterocycles. The zero-order valence-electron chi connectivity index (χ0n) is 22.3. The number of nitro benzene ring substituents is 1. The Hall–Kier alpha value is -5.00. The van der Waals surface area contributed by atoms with Crippen LogP contribution in [0.3, 0.4) is 0 Å². The summed E-state index contributed by atoms with van der Waals surface area (Å²) in [6.45, 7) is 4.30. The van der Waals surface area contributed by atoms with E-state index in [4.69, 9.17) is 9.15 Å². The Morgan fingerprint density at radius 3 is 2.17 bits per heavy atom. The predicted octanol–water partition coefficient (Wildman–Crippen LogP) is 9.10. The van der Waals surface area contributed by atoms with Crippen molar-refractivity contribution in [3.8, 4) is 34.3 Å². The molecule has 202 valence electrons. The van der Waals surface area contributed by atoms with E-state index in [1.165, 1.54) is 12.1 Å². The molecule has 0 N–H and O–H groups in total. The predicted molar refractivity (Wildman–Crippen MR) is 163 cm³/mol. The number of aryl methyl sites for hydroxylation is 2. The van der Waals surface area contributed by atoms with Gasteiger partial charge < -0.3 is 9.15 Å². The fourth-order valence-electron chi connectivity index (χ4n) is 4.24. The van der Waals surface area contributed by atoms with Crippen molar-refractivity contribution in [1.82, 2.24) is 0 Å². The summed E-state index contributed by atoms with van der Waals surface area (Å²) in [5, 5.41) is 21.0. The van der Waals surface area contributed by atoms with Crippen LogP contribution in [0.25, 0.3) is 22.5 Å². The Morgan fingerprint density at radius 2 is 1.59 bits per heavy atom. The minimum atomic E-state index is -0.434. The third kappa shape index (κ3) is 6.26. The molecule has 0 bridgehead atoms. The Labute approximate surface area is 245 Å². The van der Waals surface area contributed by atoms with E-state index in [1.807, 2.05) is 74.5 Å². The van der Waals surface area contributed by atoms with Gasteiger partial charge in [0, 0.05) is 29.5 Å². The molecule has 0 aliphatic heterocycles. The number of ether oxygens (including phenoxy) is 1. The summed E-state index contributed by atoms with van der Waals surface area (Å²) in [4.78, 5) is 15.0. The van der Waals surface area contributed by atoms with E-state index >= 15 is 0 Å². The molecular formula is C33H24BrN3O4. The molecule has 0 amide bonds. The molecule has 0 aliphatic carbocycles. The van der Waals surface area contributed by atoms with Crippen LogP contribution < -0.4 is 4.74 Å². The minimum absolute atomic E-state index is 0.0339. The number of non-ortho nitro benzene ring substituents is 1. The van der Waals surface area contributed by atoms with Crippen molar-refractivity contribution in [3.63, 3.8) is 0 Å². The lowest BCUT2D eigenvalue weighted by Crippen LogP contribution is -1.97. The van der Waals surface area contributed by atoms with Crippen molar-refractivity contribution in [2.75, 3.05) is 0 Å². The summed E-state index contributed by atoms with van der Waals surface area (Å²) in [6, 6.07) is 30.0. The highest BCUT2D eigenvalue weighted by Crippen LogP contribution is 2.42. The van der Waals surface area contributed by atoms with Crippen LogP contribution in [0.15, 0.2) is 105 Å². The fourth-order valence-corrected chi connectivity index (χ4v) is 4.75. The summed E-state index contributed by atoms with van der Waals surface area (Å²) in [5.41, 5.74) is 6.68. The number of benzene rings is 4. The summed E-state index contributed by atoms with van der Waals surface area (Å²) in [7, 11) is 0. The van der Waals surface area contributed by atoms with Crippen molar-refractivity contribution < 1.29 is 14.1 Å². The molecule has 0 unspecified atom stereocenters. The highest BCUT2D eigenvalue weighted by Gasteiger charge is 2.22. The molecule has 0 atom stereocenters. The largest absolute Gasteiger partial charge is 0.488 e. The standard InChI is InChI=1S/C33H24BrN3O4/c1-21-3-10-25(11-4-21)31-28(18-35)33(41-32(31)26-12-5-22(2)6-13-26)36-19-24-9-16-30(29(34)17-24)40-20-23-7-14-27(15-8-23)37(38)39/h3-17,19H,20H2,1-2H3. The fraction of sp³-hybridized carbons (Fsp3) is 0.0909. The molecule has 5 aromatic rings. The summed E-state index contributed by atoms with van der Waals surface area (Å²) in [5.74, 6) is 1.43. The number of nitrogens with zero attached hydrogens (tertiary/aromatic N) is 3. The lowest BCUT2D eigenvalue weighted by molar-refractivity contribution is -0.384. The molecule has 41 heavy (non-hydrogen) atoms. The third-order valence-electron chi connectivity index (χ3n) is 6.48. The van der Waals surface area contributed by atoms with Gasteiger partial charge in [0.1, 0.15) is 29.7 Å². The molecule has 4 aromatic carbocycles. The quantitative estimate of drug-likeness (QED) is 0.0996. The zero-order chi connectivity index (χ0) is 28.9. The highest BCUT2D eigenvalue weighted by molar-refractivity contribution is 9.10. The Morgan fingerprint density at radius 1 is 0.951 bits per heavy atom. The maximum absolute atomic E-state index is 10.9. The van der Waals surface area contributed by atoms with Crippen LogP contribution in [0.4, 0.5) is 11.6 Å². The van der Waals surface area contributed by atoms with Crippen LogP contribution in [0.1, 0.15) is 27.8 Å². The van der Waals surface area contributed by atoms with Crippen LogP contribution in [0.2, 0.25) is 0 Å². The molecule has 0 saturated heterocycles. The van der Waals surface area contributed by atoms with Gasteiger partial charge in [0.05, 0.1) is 9.40 Å². The van der Waals surface area contributed by atoms with Gasteiger partial charge in [0.25, 0.3) is 5.69 Å². The van der Waals surface area contributed by atoms with Crippen LogP contribution in [0.5, 0.6) is 5.75 Å². The summed E-state index contributed by atoms with van der Waals surface area (Å²) >= 11 is 3.54. The number of nitriles is 1. The molecule has 0 saturated carbocycles. The Balaban J connectivity index is 1.42. The van der Waals surface area contributed by atoms with Gasteiger partial charge >= 0.3 is 0 Å². The monoisotopic (exact) mass is 605 g/mol. The van der Waals surface area contributed by atoms with E-state index in [9.17, 15) is 15.4 Å². The number of aliphatic imine (C=N–C) groups is 1. The van der Waals surface area contributed by atoms with Crippen molar-refractivity contribution in [2.24, 2.45) is 4.99 Å². The SMILES string of the molecule is Cc1ccc(-c2oc(N=Cc3ccc(OCc4ccc([N+](=O)[O-])cc4)c(Br)c3)c(C#N)c2-c2ccc(C)cc2)cc1. The van der Waals surface area contributed by atoms with E-state index in [0.717, 1.165) is 33.4 Å². The molecular weight excluding hydrogens is 582 g/mol. The second kappa shape index (κ2) is 12.0. The van der Waals surface area contributed by atoms with Gasteiger partial charge in [-0.25, -0.2) is 4.99 Å². The van der Waals surface area contributed by atoms with Crippen LogP contribution >= 0.6 is 15.9 Å². The number of hydrogen-bond acceptors (Lipinski definition) is 6. The highest BCUT2D eigenvalue weighted by atomic mass is 79.9. The molecule has 0 spiro atoms. The van der Waals surface area contributed by atoms with E-state index in [1.54, 1.807) is 24.4 Å². The summed E-state index contributed by atoms with van der Waals surface area (Å²) in [6.07, 6.45) is 1.64. The number of rotatable bonds is 8. The minimum Gasteiger partial charge on any atom is -0.488 e. The third-order valence-corrected chi connectivity index (χ3v) is 7.10. The smallest absolute Gasteiger partial charge is 0.269 e. The van der Waals surface area contributed by atoms with Crippen LogP contribution in [-0.2, 0) is 6.61 Å². The Kier molecular flexibility index (Phi) is 8.09. The first-order chi connectivity index (χ1) is 19.8. The number of furan rings is 1. The molecule has 5 rings (SSSR count). The van der Waals surface area contributed by atoms with E-state index in [2.05, 4.69) is 27.0 Å². The first-order valence-electron chi connectivity index (χ1n) is 12.7. The topological polar surface area (TPSA) is 102 Å². The first-order valence-corrected chi connectivity index (χ1v) is 13.5. The van der Waals surface area contributed by atoms with Crippen LogP contribution in [-0.4, -0.2) is 11.1 Å². The molecule has 0 fully saturated rings. The van der Waals surface area contributed by atoms with E-state index in [-0.39, 0.29) is 18.2 Å². The molecule has 1 heterocycles. The van der Waals surface area contributed by atoms with Crippen molar-refractivity contribution in [3.05, 3.63) is 133 Å². The maximum atomic E-state index is 10.9. The number of halogens is 1. The van der Waals surface area contributed by atoms with Gasteiger partial charge in [0.2, 0.25) is 5.88 Å². The van der Waals surface area contributed by atoms with Gasteiger partial charge in [-0.2, -0.15) is 5.26 Å². The average Bonchev–Trinajstić information content (AvgIpc) is 3.35. The van der Waals surface area contributed by atoms with Gasteiger partial charge in [0.15, 0.2) is 0 Å². The molecule has 0 aliphatic rings. The van der Waals surface area contributed by atoms with Crippen molar-refractivity contribution in [1.29, 1.82) is 5.26 Å². The van der Waals surface area contributed by atoms with E-state index in [0.29, 0.717) is 27.1 Å². The Bertz CT molecular complexity index is 1780. The maximum Gasteiger partial charge on any atom is 0.269 e. The second-order valence-electron chi connectivity index (χ2n) is 9.49.